The van der Waals surface area contributed by atoms with Gasteiger partial charge in [-0.25, -0.2) is 9.59 Å². The van der Waals surface area contributed by atoms with Crippen molar-refractivity contribution in [3.63, 3.8) is 0 Å². The Balaban J connectivity index is 1.95. The third-order valence-corrected chi connectivity index (χ3v) is 3.62. The highest BCUT2D eigenvalue weighted by atomic mass is 79.9. The molecule has 8 heteroatoms. The zero-order valence-corrected chi connectivity index (χ0v) is 14.7. The van der Waals surface area contributed by atoms with Crippen LogP contribution >= 0.6 is 15.9 Å². The Labute approximate surface area is 137 Å². The fraction of sp³-hybridized carbons (Fsp3) is 0.643. The van der Waals surface area contributed by atoms with Crippen LogP contribution in [0.2, 0.25) is 0 Å². The van der Waals surface area contributed by atoms with Crippen molar-refractivity contribution >= 4 is 28.0 Å². The number of halogens is 1. The van der Waals surface area contributed by atoms with Gasteiger partial charge in [-0.15, -0.1) is 0 Å². The molecule has 1 aromatic rings. The summed E-state index contributed by atoms with van der Waals surface area (Å²) in [5, 5.41) is 4.24. The summed E-state index contributed by atoms with van der Waals surface area (Å²) in [6, 6.07) is 0.0343. The minimum atomic E-state index is -0.506. The number of likely N-dealkylation sites (tertiary alicyclic amines) is 1. The second kappa shape index (κ2) is 6.28. The largest absolute Gasteiger partial charge is 0.461 e. The van der Waals surface area contributed by atoms with Gasteiger partial charge in [0.25, 0.3) is 0 Å². The van der Waals surface area contributed by atoms with Crippen molar-refractivity contribution in [1.29, 1.82) is 0 Å². The highest BCUT2D eigenvalue weighted by molar-refractivity contribution is 9.10. The summed E-state index contributed by atoms with van der Waals surface area (Å²) in [6.07, 6.45) is 1.39. The van der Waals surface area contributed by atoms with Gasteiger partial charge in [0.2, 0.25) is 0 Å². The van der Waals surface area contributed by atoms with Crippen LogP contribution in [0.1, 0.15) is 44.2 Å². The first kappa shape index (κ1) is 16.8. The van der Waals surface area contributed by atoms with Crippen LogP contribution in [0.4, 0.5) is 4.79 Å². The van der Waals surface area contributed by atoms with Gasteiger partial charge >= 0.3 is 12.1 Å². The van der Waals surface area contributed by atoms with Crippen molar-refractivity contribution in [3.05, 3.63) is 16.4 Å². The zero-order valence-electron chi connectivity index (χ0n) is 13.1. The fourth-order valence-corrected chi connectivity index (χ4v) is 2.44. The Bertz CT molecular complexity index is 573. The zero-order chi connectivity index (χ0) is 16.5. The van der Waals surface area contributed by atoms with Gasteiger partial charge in [-0.3, -0.25) is 4.68 Å². The molecule has 22 heavy (non-hydrogen) atoms. The molecular weight excluding hydrogens is 354 g/mol. The van der Waals surface area contributed by atoms with Crippen molar-refractivity contribution in [2.75, 3.05) is 19.7 Å². The van der Waals surface area contributed by atoms with E-state index in [4.69, 9.17) is 9.47 Å². The number of hydrogen-bond donors (Lipinski definition) is 0. The minimum Gasteiger partial charge on any atom is -0.461 e. The Morgan fingerprint density at radius 2 is 2.05 bits per heavy atom. The Morgan fingerprint density at radius 3 is 2.59 bits per heavy atom. The summed E-state index contributed by atoms with van der Waals surface area (Å²) in [4.78, 5) is 25.2. The summed E-state index contributed by atoms with van der Waals surface area (Å²) in [5.41, 5.74) is -0.258. The number of amides is 1. The highest BCUT2D eigenvalue weighted by Gasteiger charge is 2.36. The first-order chi connectivity index (χ1) is 10.2. The topological polar surface area (TPSA) is 73.7 Å². The normalized spacial score (nSPS) is 15.4. The standard InChI is InChI=1S/C14H20BrN3O4/c1-5-21-12(19)11-10(15)8-18(16-11)9-6-17(7-9)13(20)22-14(2,3)4/h8-9H,5-7H2,1-4H3. The predicted molar refractivity (Wildman–Crippen MR) is 82.7 cm³/mol. The van der Waals surface area contributed by atoms with Crippen molar-refractivity contribution in [2.45, 2.75) is 39.3 Å². The van der Waals surface area contributed by atoms with Crippen LogP contribution in [0.25, 0.3) is 0 Å². The van der Waals surface area contributed by atoms with Crippen molar-refractivity contribution in [3.8, 4) is 0 Å². The Morgan fingerprint density at radius 1 is 1.41 bits per heavy atom. The molecule has 1 amide bonds. The first-order valence-electron chi connectivity index (χ1n) is 7.11. The molecule has 0 unspecified atom stereocenters. The number of ether oxygens (including phenoxy) is 2. The van der Waals surface area contributed by atoms with Gasteiger partial charge in [-0.05, 0) is 43.6 Å². The molecule has 122 valence electrons. The summed E-state index contributed by atoms with van der Waals surface area (Å²) < 4.78 is 12.5. The molecule has 1 fully saturated rings. The van der Waals surface area contributed by atoms with Crippen LogP contribution in [0.3, 0.4) is 0 Å². The number of rotatable bonds is 3. The lowest BCUT2D eigenvalue weighted by atomic mass is 10.1. The summed E-state index contributed by atoms with van der Waals surface area (Å²) in [6.45, 7) is 8.55. The van der Waals surface area contributed by atoms with E-state index in [1.807, 2.05) is 20.8 Å². The molecule has 0 atom stereocenters. The molecule has 0 aromatic carbocycles. The first-order valence-corrected chi connectivity index (χ1v) is 7.90. The molecule has 0 spiro atoms. The Hall–Kier alpha value is -1.57. The number of carbonyl (C=O) groups is 2. The molecule has 0 N–H and O–H groups in total. The molecule has 0 bridgehead atoms. The van der Waals surface area contributed by atoms with E-state index in [1.54, 1.807) is 22.7 Å². The molecule has 0 saturated carbocycles. The van der Waals surface area contributed by atoms with Gasteiger partial charge in [0.1, 0.15) is 5.60 Å². The SMILES string of the molecule is CCOC(=O)c1nn(C2CN(C(=O)OC(C)(C)C)C2)cc1Br. The summed E-state index contributed by atoms with van der Waals surface area (Å²) in [7, 11) is 0. The number of hydrogen-bond acceptors (Lipinski definition) is 5. The third kappa shape index (κ3) is 3.79. The summed E-state index contributed by atoms with van der Waals surface area (Å²) >= 11 is 3.30. The quantitative estimate of drug-likeness (QED) is 0.761. The monoisotopic (exact) mass is 373 g/mol. The van der Waals surface area contributed by atoms with Crippen LogP contribution in [-0.4, -0.2) is 52.0 Å². The van der Waals surface area contributed by atoms with Gasteiger partial charge in [0.15, 0.2) is 5.69 Å². The van der Waals surface area contributed by atoms with E-state index in [1.165, 1.54) is 0 Å². The van der Waals surface area contributed by atoms with E-state index in [9.17, 15) is 9.59 Å². The lowest BCUT2D eigenvalue weighted by molar-refractivity contribution is -0.000567. The van der Waals surface area contributed by atoms with Crippen LogP contribution in [0, 0.1) is 0 Å². The average molecular weight is 374 g/mol. The van der Waals surface area contributed by atoms with E-state index in [0.717, 1.165) is 0 Å². The van der Waals surface area contributed by atoms with Crippen molar-refractivity contribution in [1.82, 2.24) is 14.7 Å². The lowest BCUT2D eigenvalue weighted by Gasteiger charge is -2.39. The minimum absolute atomic E-state index is 0.0343. The number of esters is 1. The summed E-state index contributed by atoms with van der Waals surface area (Å²) in [5.74, 6) is -0.462. The predicted octanol–water partition coefficient (Wildman–Crippen LogP) is 2.61. The van der Waals surface area contributed by atoms with E-state index in [2.05, 4.69) is 21.0 Å². The van der Waals surface area contributed by atoms with E-state index in [-0.39, 0.29) is 17.8 Å². The second-order valence-corrected chi connectivity index (χ2v) is 6.92. The fourth-order valence-electron chi connectivity index (χ4n) is 1.99. The molecule has 7 nitrogen and oxygen atoms in total. The van der Waals surface area contributed by atoms with Crippen molar-refractivity contribution < 1.29 is 19.1 Å². The maximum atomic E-state index is 11.9. The van der Waals surface area contributed by atoms with Crippen LogP contribution in [-0.2, 0) is 9.47 Å². The maximum absolute atomic E-state index is 11.9. The molecular formula is C14H20BrN3O4. The maximum Gasteiger partial charge on any atom is 0.410 e. The Kier molecular flexibility index (Phi) is 4.79. The van der Waals surface area contributed by atoms with Crippen molar-refractivity contribution in [2.24, 2.45) is 0 Å². The third-order valence-electron chi connectivity index (χ3n) is 3.04. The highest BCUT2D eigenvalue weighted by Crippen LogP contribution is 2.26. The van der Waals surface area contributed by atoms with Crippen LogP contribution in [0.15, 0.2) is 10.7 Å². The molecule has 2 heterocycles. The molecule has 0 radical (unpaired) electrons. The van der Waals surface area contributed by atoms with Gasteiger partial charge in [-0.1, -0.05) is 0 Å². The molecule has 2 rings (SSSR count). The van der Waals surface area contributed by atoms with E-state index < -0.39 is 11.6 Å². The molecule has 0 aliphatic carbocycles. The number of carbonyl (C=O) groups excluding carboxylic acids is 2. The van der Waals surface area contributed by atoms with Crippen LogP contribution in [0.5, 0.6) is 0 Å². The van der Waals surface area contributed by atoms with Gasteiger partial charge in [0, 0.05) is 19.3 Å². The van der Waals surface area contributed by atoms with Gasteiger partial charge in [-0.2, -0.15) is 5.10 Å². The van der Waals surface area contributed by atoms with Gasteiger partial charge in [0.05, 0.1) is 17.1 Å². The van der Waals surface area contributed by atoms with Gasteiger partial charge < -0.3 is 14.4 Å². The molecule has 1 saturated heterocycles. The number of aromatic nitrogens is 2. The van der Waals surface area contributed by atoms with E-state index in [0.29, 0.717) is 24.2 Å². The molecule has 1 aromatic heterocycles. The average Bonchev–Trinajstić information content (AvgIpc) is 2.67. The van der Waals surface area contributed by atoms with E-state index >= 15 is 0 Å². The smallest absolute Gasteiger partial charge is 0.410 e. The lowest BCUT2D eigenvalue weighted by Crippen LogP contribution is -2.52. The number of nitrogens with zero attached hydrogens (tertiary/aromatic N) is 3. The molecule has 1 aliphatic heterocycles. The molecule has 1 aliphatic rings. The second-order valence-electron chi connectivity index (χ2n) is 6.07. The van der Waals surface area contributed by atoms with Crippen LogP contribution < -0.4 is 0 Å².